The van der Waals surface area contributed by atoms with Crippen molar-refractivity contribution < 1.29 is 28.6 Å². The normalized spacial score (nSPS) is 12.8. The standard InChI is InChI=1S/C73H124O6/c1-4-7-10-13-16-18-20-22-24-26-28-30-32-34-36-38-40-42-44-46-48-50-52-54-57-60-63-66-72(75)78-69-70(68-77-71(74)65-62-59-56-15-12-9-6-3)79-73(76)67-64-61-58-55-53-51-49-47-45-43-41-39-37-35-33-31-29-27-25-23-21-19-17-14-11-8-5-2/h7,10,16,18,22,24,27-30,34,36,40,42,46,48,52,54,70H,4-6,8-9,11-15,17,19-21,23,25-26,31-33,35,37-39,41,43-45,47,49-51,53,55-69H2,1-3H3/b10-7-,18-16-,24-22-,29-27-,30-28-,36-34-,42-40-,48-46-,54-52-. The molecule has 0 heterocycles. The Bertz CT molecular complexity index is 1590. The maximum Gasteiger partial charge on any atom is 0.306 e. The van der Waals surface area contributed by atoms with E-state index in [1.165, 1.54) is 167 Å². The highest BCUT2D eigenvalue weighted by molar-refractivity contribution is 5.71. The Morgan fingerprint density at radius 1 is 0.266 bits per heavy atom. The molecule has 1 atom stereocenters. The van der Waals surface area contributed by atoms with Crippen molar-refractivity contribution in [2.75, 3.05) is 13.2 Å². The lowest BCUT2D eigenvalue weighted by Crippen LogP contribution is -2.30. The summed E-state index contributed by atoms with van der Waals surface area (Å²) in [7, 11) is 0. The third-order valence-corrected chi connectivity index (χ3v) is 14.3. The lowest BCUT2D eigenvalue weighted by Gasteiger charge is -2.18. The third-order valence-electron chi connectivity index (χ3n) is 14.3. The molecule has 0 aromatic heterocycles. The smallest absolute Gasteiger partial charge is 0.306 e. The molecule has 0 aromatic carbocycles. The van der Waals surface area contributed by atoms with Crippen LogP contribution in [-0.2, 0) is 28.6 Å². The minimum Gasteiger partial charge on any atom is -0.462 e. The molecule has 6 heteroatoms. The highest BCUT2D eigenvalue weighted by atomic mass is 16.6. The molecule has 0 aliphatic rings. The maximum atomic E-state index is 12.9. The molecule has 0 aliphatic carbocycles. The molecule has 79 heavy (non-hydrogen) atoms. The van der Waals surface area contributed by atoms with Crippen molar-refractivity contribution in [3.63, 3.8) is 0 Å². The summed E-state index contributed by atoms with van der Waals surface area (Å²) in [5, 5.41) is 0. The van der Waals surface area contributed by atoms with Crippen LogP contribution in [0.15, 0.2) is 109 Å². The van der Waals surface area contributed by atoms with Gasteiger partial charge in [0.05, 0.1) is 0 Å². The first-order valence-corrected chi connectivity index (χ1v) is 33.4. The van der Waals surface area contributed by atoms with Gasteiger partial charge in [0.2, 0.25) is 0 Å². The molecular weight excluding hydrogens is 973 g/mol. The predicted molar refractivity (Wildman–Crippen MR) is 343 cm³/mol. The number of hydrogen-bond donors (Lipinski definition) is 0. The molecule has 0 N–H and O–H groups in total. The van der Waals surface area contributed by atoms with E-state index in [1.54, 1.807) is 0 Å². The van der Waals surface area contributed by atoms with E-state index in [2.05, 4.69) is 130 Å². The van der Waals surface area contributed by atoms with Crippen molar-refractivity contribution in [1.29, 1.82) is 0 Å². The number of rotatable bonds is 60. The average Bonchev–Trinajstić information content (AvgIpc) is 3.45. The fourth-order valence-electron chi connectivity index (χ4n) is 9.28. The molecule has 0 fully saturated rings. The van der Waals surface area contributed by atoms with Crippen LogP contribution in [0.4, 0.5) is 0 Å². The molecule has 0 bridgehead atoms. The Kier molecular flexibility index (Phi) is 63.3. The molecule has 1 unspecified atom stereocenters. The van der Waals surface area contributed by atoms with Crippen LogP contribution in [-0.4, -0.2) is 37.2 Å². The van der Waals surface area contributed by atoms with Crippen LogP contribution >= 0.6 is 0 Å². The molecule has 0 aromatic rings. The number of hydrogen-bond acceptors (Lipinski definition) is 6. The first-order chi connectivity index (χ1) is 39.0. The van der Waals surface area contributed by atoms with Crippen molar-refractivity contribution >= 4 is 17.9 Å². The van der Waals surface area contributed by atoms with Crippen molar-refractivity contribution in [2.24, 2.45) is 0 Å². The Balaban J connectivity index is 4.20. The fraction of sp³-hybridized carbons (Fsp3) is 0.712. The van der Waals surface area contributed by atoms with E-state index in [9.17, 15) is 14.4 Å². The zero-order chi connectivity index (χ0) is 57.1. The van der Waals surface area contributed by atoms with Crippen molar-refractivity contribution in [3.05, 3.63) is 109 Å². The largest absolute Gasteiger partial charge is 0.462 e. The molecule has 6 nitrogen and oxygen atoms in total. The second-order valence-corrected chi connectivity index (χ2v) is 22.0. The van der Waals surface area contributed by atoms with Crippen LogP contribution < -0.4 is 0 Å². The summed E-state index contributed by atoms with van der Waals surface area (Å²) in [6, 6.07) is 0. The lowest BCUT2D eigenvalue weighted by molar-refractivity contribution is -0.167. The summed E-state index contributed by atoms with van der Waals surface area (Å²) in [5.74, 6) is -0.935. The van der Waals surface area contributed by atoms with E-state index in [0.717, 1.165) is 109 Å². The number of esters is 3. The Hall–Kier alpha value is -3.93. The SMILES string of the molecule is CC/C=C\C/C=C\C/C=C\C/C=C\C/C=C\C/C=C\C/C=C\C/C=C\CCCCC(=O)OCC(COC(=O)CCCCCCCCC)OC(=O)CCCCCCCCCCCCCCCCC/C=C\CCCCCCCCCC. The van der Waals surface area contributed by atoms with Crippen LogP contribution in [0.5, 0.6) is 0 Å². The van der Waals surface area contributed by atoms with Crippen LogP contribution in [0, 0.1) is 0 Å². The zero-order valence-electron chi connectivity index (χ0n) is 51.9. The van der Waals surface area contributed by atoms with Crippen LogP contribution in [0.2, 0.25) is 0 Å². The van der Waals surface area contributed by atoms with Gasteiger partial charge in [-0.1, -0.05) is 297 Å². The number of carbonyl (C=O) groups is 3. The van der Waals surface area contributed by atoms with Gasteiger partial charge in [-0.3, -0.25) is 14.4 Å². The van der Waals surface area contributed by atoms with Crippen LogP contribution in [0.3, 0.4) is 0 Å². The Morgan fingerprint density at radius 2 is 0.494 bits per heavy atom. The number of carbonyl (C=O) groups excluding carboxylic acids is 3. The molecule has 0 aliphatic heterocycles. The molecule has 0 amide bonds. The van der Waals surface area contributed by atoms with Gasteiger partial charge in [0.25, 0.3) is 0 Å². The van der Waals surface area contributed by atoms with E-state index in [-0.39, 0.29) is 31.1 Å². The molecule has 0 saturated heterocycles. The highest BCUT2D eigenvalue weighted by Gasteiger charge is 2.19. The first-order valence-electron chi connectivity index (χ1n) is 33.4. The molecule has 0 spiro atoms. The van der Waals surface area contributed by atoms with Gasteiger partial charge in [0.1, 0.15) is 13.2 Å². The average molecular weight is 1100 g/mol. The minimum atomic E-state index is -0.795. The van der Waals surface area contributed by atoms with Crippen LogP contribution in [0.25, 0.3) is 0 Å². The van der Waals surface area contributed by atoms with Gasteiger partial charge in [0.15, 0.2) is 6.10 Å². The summed E-state index contributed by atoms with van der Waals surface area (Å²) >= 11 is 0. The molecule has 0 saturated carbocycles. The Morgan fingerprint density at radius 3 is 0.810 bits per heavy atom. The molecule has 0 radical (unpaired) electrons. The van der Waals surface area contributed by atoms with Gasteiger partial charge in [-0.05, 0) is 109 Å². The second kappa shape index (κ2) is 66.6. The zero-order valence-corrected chi connectivity index (χ0v) is 51.9. The molecular formula is C73H124O6. The fourth-order valence-corrected chi connectivity index (χ4v) is 9.28. The highest BCUT2D eigenvalue weighted by Crippen LogP contribution is 2.16. The van der Waals surface area contributed by atoms with Gasteiger partial charge in [-0.2, -0.15) is 0 Å². The third kappa shape index (κ3) is 64.8. The van der Waals surface area contributed by atoms with Gasteiger partial charge >= 0.3 is 17.9 Å². The van der Waals surface area contributed by atoms with E-state index in [0.29, 0.717) is 19.3 Å². The van der Waals surface area contributed by atoms with E-state index in [1.807, 2.05) is 0 Å². The van der Waals surface area contributed by atoms with Crippen molar-refractivity contribution in [1.82, 2.24) is 0 Å². The number of ether oxygens (including phenoxy) is 3. The van der Waals surface area contributed by atoms with Crippen LogP contribution in [0.1, 0.15) is 316 Å². The van der Waals surface area contributed by atoms with E-state index >= 15 is 0 Å². The second-order valence-electron chi connectivity index (χ2n) is 22.0. The molecule has 0 rings (SSSR count). The molecule has 452 valence electrons. The van der Waals surface area contributed by atoms with Gasteiger partial charge < -0.3 is 14.2 Å². The Labute approximate surface area is 489 Å². The maximum absolute atomic E-state index is 12.9. The summed E-state index contributed by atoms with van der Waals surface area (Å²) in [4.78, 5) is 38.1. The first kappa shape index (κ1) is 75.1. The topological polar surface area (TPSA) is 78.9 Å². The monoisotopic (exact) mass is 1100 g/mol. The minimum absolute atomic E-state index is 0.0907. The summed E-state index contributed by atoms with van der Waals surface area (Å²) in [6.07, 6.45) is 91.4. The van der Waals surface area contributed by atoms with Gasteiger partial charge in [0, 0.05) is 19.3 Å². The number of allylic oxidation sites excluding steroid dienone is 18. The summed E-state index contributed by atoms with van der Waals surface area (Å²) in [6.45, 7) is 6.47. The van der Waals surface area contributed by atoms with Gasteiger partial charge in [-0.15, -0.1) is 0 Å². The van der Waals surface area contributed by atoms with Crippen molar-refractivity contribution in [2.45, 2.75) is 322 Å². The van der Waals surface area contributed by atoms with E-state index < -0.39 is 6.10 Å². The lowest BCUT2D eigenvalue weighted by atomic mass is 10.0. The number of unbranched alkanes of at least 4 members (excludes halogenated alkanes) is 31. The quantitative estimate of drug-likeness (QED) is 0.0261. The van der Waals surface area contributed by atoms with Gasteiger partial charge in [-0.25, -0.2) is 0 Å². The summed E-state index contributed by atoms with van der Waals surface area (Å²) in [5.41, 5.74) is 0. The van der Waals surface area contributed by atoms with Crippen molar-refractivity contribution in [3.8, 4) is 0 Å². The summed E-state index contributed by atoms with van der Waals surface area (Å²) < 4.78 is 16.8. The van der Waals surface area contributed by atoms with E-state index in [4.69, 9.17) is 14.2 Å². The predicted octanol–water partition coefficient (Wildman–Crippen LogP) is 23.0.